The van der Waals surface area contributed by atoms with E-state index < -0.39 is 28.3 Å². The Kier molecular flexibility index (Phi) is 5.11. The molecule has 1 aromatic rings. The highest BCUT2D eigenvalue weighted by atomic mass is 32.2. The van der Waals surface area contributed by atoms with Gasteiger partial charge in [-0.05, 0) is 24.6 Å². The minimum atomic E-state index is -3.46. The molecule has 0 unspecified atom stereocenters. The van der Waals surface area contributed by atoms with Crippen LogP contribution in [0.15, 0.2) is 23.1 Å². The summed E-state index contributed by atoms with van der Waals surface area (Å²) in [7, 11) is -3.46. The van der Waals surface area contributed by atoms with E-state index in [9.17, 15) is 18.0 Å². The molecule has 0 bridgehead atoms. The van der Waals surface area contributed by atoms with Gasteiger partial charge in [0.05, 0.1) is 11.4 Å². The van der Waals surface area contributed by atoms with Gasteiger partial charge in [0.25, 0.3) is 5.91 Å². The van der Waals surface area contributed by atoms with Crippen molar-refractivity contribution in [1.82, 2.24) is 4.90 Å². The van der Waals surface area contributed by atoms with Gasteiger partial charge in [0, 0.05) is 11.8 Å². The second-order valence-electron chi connectivity index (χ2n) is 4.51. The van der Waals surface area contributed by atoms with E-state index in [0.29, 0.717) is 5.56 Å². The van der Waals surface area contributed by atoms with Gasteiger partial charge in [-0.15, -0.1) is 6.42 Å². The summed E-state index contributed by atoms with van der Waals surface area (Å²) in [6, 6.07) is 4.13. The average molecular weight is 309 g/mol. The molecule has 7 heteroatoms. The average Bonchev–Trinajstić information content (AvgIpc) is 2.36. The minimum absolute atomic E-state index is 0.00701. The molecule has 0 spiro atoms. The maximum absolute atomic E-state index is 12.3. The van der Waals surface area contributed by atoms with Crippen LogP contribution < -0.4 is 0 Å². The lowest BCUT2D eigenvalue weighted by Crippen LogP contribution is -2.36. The van der Waals surface area contributed by atoms with E-state index in [4.69, 9.17) is 11.5 Å². The summed E-state index contributed by atoms with van der Waals surface area (Å²) in [5.41, 5.74) is 0.661. The first-order chi connectivity index (χ1) is 9.66. The van der Waals surface area contributed by atoms with Gasteiger partial charge in [0.1, 0.15) is 6.54 Å². The van der Waals surface area contributed by atoms with E-state index in [0.717, 1.165) is 11.2 Å². The van der Waals surface area contributed by atoms with E-state index in [1.807, 2.05) is 0 Å². The number of aliphatic carboxylic acids is 1. The van der Waals surface area contributed by atoms with Gasteiger partial charge in [-0.3, -0.25) is 9.59 Å². The Balaban J connectivity index is 3.27. The quantitative estimate of drug-likeness (QED) is 0.802. The third-order valence-electron chi connectivity index (χ3n) is 2.76. The van der Waals surface area contributed by atoms with Crippen molar-refractivity contribution in [3.8, 4) is 12.3 Å². The largest absolute Gasteiger partial charge is 0.480 e. The van der Waals surface area contributed by atoms with E-state index >= 15 is 0 Å². The van der Waals surface area contributed by atoms with Gasteiger partial charge < -0.3 is 10.0 Å². The van der Waals surface area contributed by atoms with Crippen molar-refractivity contribution in [1.29, 1.82) is 0 Å². The van der Waals surface area contributed by atoms with Crippen LogP contribution in [0.1, 0.15) is 15.9 Å². The molecule has 0 saturated heterocycles. The highest BCUT2D eigenvalue weighted by molar-refractivity contribution is 7.90. The molecular weight excluding hydrogens is 294 g/mol. The number of carbonyl (C=O) groups is 2. The minimum Gasteiger partial charge on any atom is -0.480 e. The number of sulfone groups is 1. The standard InChI is InChI=1S/C14H15NO5S/c1-4-7-15(9-13(16)17)14(18)12-8-11(21(3,19)20)6-5-10(12)2/h1,5-6,8H,7,9H2,2-3H3,(H,16,17). The van der Waals surface area contributed by atoms with E-state index in [1.165, 1.54) is 18.2 Å². The van der Waals surface area contributed by atoms with Crippen LogP contribution in [0.3, 0.4) is 0 Å². The Hall–Kier alpha value is -2.33. The third kappa shape index (κ3) is 4.33. The molecular formula is C14H15NO5S. The molecule has 0 radical (unpaired) electrons. The summed E-state index contributed by atoms with van der Waals surface area (Å²) in [5, 5.41) is 8.80. The lowest BCUT2D eigenvalue weighted by Gasteiger charge is -2.19. The van der Waals surface area contributed by atoms with Crippen LogP contribution in [-0.2, 0) is 14.6 Å². The molecule has 21 heavy (non-hydrogen) atoms. The van der Waals surface area contributed by atoms with E-state index in [1.54, 1.807) is 6.92 Å². The molecule has 0 atom stereocenters. The Labute approximate surface area is 123 Å². The van der Waals surface area contributed by atoms with Crippen molar-refractivity contribution >= 4 is 21.7 Å². The van der Waals surface area contributed by atoms with Gasteiger partial charge in [-0.1, -0.05) is 12.0 Å². The first-order valence-corrected chi connectivity index (χ1v) is 7.81. The van der Waals surface area contributed by atoms with Crippen LogP contribution in [0.25, 0.3) is 0 Å². The smallest absolute Gasteiger partial charge is 0.323 e. The van der Waals surface area contributed by atoms with Crippen LogP contribution >= 0.6 is 0 Å². The molecule has 0 aromatic heterocycles. The van der Waals surface area contributed by atoms with Crippen molar-refractivity contribution < 1.29 is 23.1 Å². The molecule has 6 nitrogen and oxygen atoms in total. The number of carboxylic acid groups (broad SMARTS) is 1. The number of benzene rings is 1. The molecule has 1 rings (SSSR count). The SMILES string of the molecule is C#CCN(CC(=O)O)C(=O)c1cc(S(C)(=O)=O)ccc1C. The number of terminal acetylenes is 1. The molecule has 0 aliphatic rings. The summed E-state index contributed by atoms with van der Waals surface area (Å²) in [6.07, 6.45) is 6.16. The zero-order valence-electron chi connectivity index (χ0n) is 11.7. The summed E-state index contributed by atoms with van der Waals surface area (Å²) in [6.45, 7) is 0.910. The number of carbonyl (C=O) groups excluding carboxylic acids is 1. The fourth-order valence-electron chi connectivity index (χ4n) is 1.71. The van der Waals surface area contributed by atoms with Crippen LogP contribution in [0.4, 0.5) is 0 Å². The summed E-state index contributed by atoms with van der Waals surface area (Å²) >= 11 is 0. The van der Waals surface area contributed by atoms with Crippen molar-refractivity contribution in [2.75, 3.05) is 19.3 Å². The summed E-state index contributed by atoms with van der Waals surface area (Å²) < 4.78 is 23.1. The highest BCUT2D eigenvalue weighted by Gasteiger charge is 2.21. The number of rotatable bonds is 5. The molecule has 0 aliphatic carbocycles. The molecule has 1 N–H and O–H groups in total. The van der Waals surface area contributed by atoms with Gasteiger partial charge >= 0.3 is 5.97 Å². The fourth-order valence-corrected chi connectivity index (χ4v) is 2.35. The van der Waals surface area contributed by atoms with Crippen molar-refractivity contribution in [2.24, 2.45) is 0 Å². The fraction of sp³-hybridized carbons (Fsp3) is 0.286. The zero-order valence-corrected chi connectivity index (χ0v) is 12.5. The Morgan fingerprint density at radius 3 is 2.48 bits per heavy atom. The Morgan fingerprint density at radius 1 is 1.38 bits per heavy atom. The van der Waals surface area contributed by atoms with Crippen LogP contribution in [0.2, 0.25) is 0 Å². The lowest BCUT2D eigenvalue weighted by molar-refractivity contribution is -0.137. The van der Waals surface area contributed by atoms with Crippen molar-refractivity contribution in [3.05, 3.63) is 29.3 Å². The normalized spacial score (nSPS) is 10.7. The molecule has 112 valence electrons. The third-order valence-corrected chi connectivity index (χ3v) is 3.87. The monoisotopic (exact) mass is 309 g/mol. The Morgan fingerprint density at radius 2 is 2.00 bits per heavy atom. The maximum atomic E-state index is 12.3. The van der Waals surface area contributed by atoms with Crippen LogP contribution in [-0.4, -0.2) is 49.6 Å². The predicted molar refractivity (Wildman–Crippen MR) is 76.7 cm³/mol. The number of hydrogen-bond acceptors (Lipinski definition) is 4. The second kappa shape index (κ2) is 6.41. The molecule has 0 heterocycles. The van der Waals surface area contributed by atoms with E-state index in [2.05, 4.69) is 5.92 Å². The Bertz CT molecular complexity index is 715. The number of amides is 1. The molecule has 1 aromatic carbocycles. The van der Waals surface area contributed by atoms with Crippen LogP contribution in [0, 0.1) is 19.3 Å². The highest BCUT2D eigenvalue weighted by Crippen LogP contribution is 2.17. The van der Waals surface area contributed by atoms with Gasteiger partial charge in [0.2, 0.25) is 0 Å². The molecule has 1 amide bonds. The van der Waals surface area contributed by atoms with Gasteiger partial charge in [-0.2, -0.15) is 0 Å². The van der Waals surface area contributed by atoms with Gasteiger partial charge in [-0.25, -0.2) is 8.42 Å². The first kappa shape index (κ1) is 16.7. The van der Waals surface area contributed by atoms with Crippen molar-refractivity contribution in [2.45, 2.75) is 11.8 Å². The topological polar surface area (TPSA) is 91.8 Å². The first-order valence-electron chi connectivity index (χ1n) is 5.92. The summed E-state index contributed by atoms with van der Waals surface area (Å²) in [4.78, 5) is 24.1. The molecule has 0 saturated carbocycles. The second-order valence-corrected chi connectivity index (χ2v) is 6.52. The molecule has 0 aliphatic heterocycles. The number of aryl methyl sites for hydroxylation is 1. The van der Waals surface area contributed by atoms with E-state index in [-0.39, 0.29) is 17.0 Å². The summed E-state index contributed by atoms with van der Waals surface area (Å²) in [5.74, 6) is 0.400. The van der Waals surface area contributed by atoms with Crippen LogP contribution in [0.5, 0.6) is 0 Å². The predicted octanol–water partition coefficient (Wildman–Crippen LogP) is 0.559. The van der Waals surface area contributed by atoms with Gasteiger partial charge in [0.15, 0.2) is 9.84 Å². The van der Waals surface area contributed by atoms with Crippen molar-refractivity contribution in [3.63, 3.8) is 0 Å². The molecule has 0 fully saturated rings. The zero-order chi connectivity index (χ0) is 16.2. The maximum Gasteiger partial charge on any atom is 0.323 e. The number of carboxylic acids is 1. The number of hydrogen-bond donors (Lipinski definition) is 1. The lowest BCUT2D eigenvalue weighted by atomic mass is 10.1. The number of nitrogens with zero attached hydrogens (tertiary/aromatic N) is 1.